The minimum atomic E-state index is -0.943. The molecule has 0 aliphatic rings. The van der Waals surface area contributed by atoms with E-state index in [9.17, 15) is 9.90 Å². The number of aromatic nitrogens is 1. The van der Waals surface area contributed by atoms with E-state index in [2.05, 4.69) is 11.9 Å². The van der Waals surface area contributed by atoms with E-state index in [1.54, 1.807) is 7.11 Å². The van der Waals surface area contributed by atoms with Crippen molar-refractivity contribution in [3.8, 4) is 22.1 Å². The third-order valence-corrected chi connectivity index (χ3v) is 4.52. The van der Waals surface area contributed by atoms with Crippen LogP contribution in [0.2, 0.25) is 0 Å². The van der Waals surface area contributed by atoms with E-state index in [4.69, 9.17) is 9.47 Å². The summed E-state index contributed by atoms with van der Waals surface area (Å²) in [4.78, 5) is 16.1. The molecule has 0 aliphatic heterocycles. The lowest BCUT2D eigenvalue weighted by Gasteiger charge is -2.13. The van der Waals surface area contributed by atoms with Crippen molar-refractivity contribution >= 4 is 17.3 Å². The third-order valence-electron chi connectivity index (χ3n) is 3.40. The number of aryl methyl sites for hydroxylation is 1. The van der Waals surface area contributed by atoms with Crippen molar-refractivity contribution in [2.24, 2.45) is 0 Å². The van der Waals surface area contributed by atoms with Gasteiger partial charge in [0.05, 0.1) is 25.0 Å². The van der Waals surface area contributed by atoms with Gasteiger partial charge in [0, 0.05) is 0 Å². The molecule has 0 bridgehead atoms. The third kappa shape index (κ3) is 3.82. The molecular weight excluding hydrogens is 314 g/mol. The molecule has 1 heterocycles. The molecule has 1 aromatic carbocycles. The van der Waals surface area contributed by atoms with Crippen molar-refractivity contribution in [2.75, 3.05) is 13.7 Å². The van der Waals surface area contributed by atoms with Crippen LogP contribution >= 0.6 is 11.3 Å². The molecule has 1 N–H and O–H groups in total. The first-order valence-electron chi connectivity index (χ1n) is 7.65. The molecular formula is C17H21NO4S. The number of thiazole rings is 1. The molecule has 0 saturated carbocycles. The molecule has 124 valence electrons. The van der Waals surface area contributed by atoms with Gasteiger partial charge in [-0.05, 0) is 25.0 Å². The average molecular weight is 335 g/mol. The average Bonchev–Trinajstić information content (AvgIpc) is 2.99. The Balaban J connectivity index is 2.47. The van der Waals surface area contributed by atoms with Crippen molar-refractivity contribution in [3.05, 3.63) is 28.8 Å². The number of carboxylic acids is 1. The summed E-state index contributed by atoms with van der Waals surface area (Å²) in [5.41, 5.74) is 1.37. The fourth-order valence-corrected chi connectivity index (χ4v) is 3.20. The molecule has 0 unspecified atom stereocenters. The zero-order chi connectivity index (χ0) is 16.8. The second kappa shape index (κ2) is 7.97. The molecule has 0 amide bonds. The van der Waals surface area contributed by atoms with Gasteiger partial charge in [0.2, 0.25) is 0 Å². The minimum absolute atomic E-state index is 0.282. The van der Waals surface area contributed by atoms with E-state index in [0.717, 1.165) is 18.4 Å². The summed E-state index contributed by atoms with van der Waals surface area (Å²) >= 11 is 1.17. The van der Waals surface area contributed by atoms with Crippen LogP contribution in [-0.2, 0) is 6.42 Å². The lowest BCUT2D eigenvalue weighted by atomic mass is 10.2. The number of benzene rings is 1. The highest BCUT2D eigenvalue weighted by Crippen LogP contribution is 2.40. The Morgan fingerprint density at radius 2 is 2.13 bits per heavy atom. The van der Waals surface area contributed by atoms with E-state index >= 15 is 0 Å². The van der Waals surface area contributed by atoms with Gasteiger partial charge in [-0.15, -0.1) is 11.3 Å². The Bertz CT molecular complexity index is 681. The maximum Gasteiger partial charge on any atom is 0.347 e. The van der Waals surface area contributed by atoms with Crippen LogP contribution in [0.15, 0.2) is 18.2 Å². The first kappa shape index (κ1) is 17.3. The standard InChI is InChI=1S/C17H21NO4S/c1-4-6-10-22-14-11(8-7-9-13(14)21-3)16-18-12(5-2)15(23-16)17(19)20/h7-9H,4-6,10H2,1-3H3,(H,19,20). The molecule has 0 aliphatic carbocycles. The molecule has 0 spiro atoms. The molecule has 6 heteroatoms. The van der Waals surface area contributed by atoms with Crippen LogP contribution in [0.3, 0.4) is 0 Å². The lowest BCUT2D eigenvalue weighted by molar-refractivity contribution is 0.0701. The van der Waals surface area contributed by atoms with Gasteiger partial charge in [0.1, 0.15) is 9.88 Å². The minimum Gasteiger partial charge on any atom is -0.493 e. The van der Waals surface area contributed by atoms with Gasteiger partial charge in [0.25, 0.3) is 0 Å². The Morgan fingerprint density at radius 1 is 1.35 bits per heavy atom. The van der Waals surface area contributed by atoms with Gasteiger partial charge in [-0.25, -0.2) is 9.78 Å². The second-order valence-electron chi connectivity index (χ2n) is 4.99. The predicted molar refractivity (Wildman–Crippen MR) is 90.8 cm³/mol. The van der Waals surface area contributed by atoms with Crippen molar-refractivity contribution in [2.45, 2.75) is 33.1 Å². The van der Waals surface area contributed by atoms with Gasteiger partial charge in [0.15, 0.2) is 11.5 Å². The van der Waals surface area contributed by atoms with Crippen molar-refractivity contribution in [1.29, 1.82) is 0 Å². The molecule has 0 radical (unpaired) electrons. The zero-order valence-corrected chi connectivity index (χ0v) is 14.4. The van der Waals surface area contributed by atoms with Gasteiger partial charge in [-0.2, -0.15) is 0 Å². The number of hydrogen-bond donors (Lipinski definition) is 1. The molecule has 2 aromatic rings. The number of hydrogen-bond acceptors (Lipinski definition) is 5. The smallest absolute Gasteiger partial charge is 0.347 e. The Morgan fingerprint density at radius 3 is 2.70 bits per heavy atom. The van der Waals surface area contributed by atoms with Crippen LogP contribution in [0.5, 0.6) is 11.5 Å². The molecule has 5 nitrogen and oxygen atoms in total. The number of methoxy groups -OCH3 is 1. The van der Waals surface area contributed by atoms with Gasteiger partial charge < -0.3 is 14.6 Å². The summed E-state index contributed by atoms with van der Waals surface area (Å²) in [5.74, 6) is 0.308. The van der Waals surface area contributed by atoms with Crippen LogP contribution in [0.25, 0.3) is 10.6 Å². The van der Waals surface area contributed by atoms with Crippen molar-refractivity contribution in [1.82, 2.24) is 4.98 Å². The van der Waals surface area contributed by atoms with E-state index in [1.165, 1.54) is 11.3 Å². The van der Waals surface area contributed by atoms with Crippen LogP contribution in [0, 0.1) is 0 Å². The maximum absolute atomic E-state index is 11.4. The van der Waals surface area contributed by atoms with Crippen LogP contribution in [0.1, 0.15) is 42.1 Å². The summed E-state index contributed by atoms with van der Waals surface area (Å²) in [5, 5.41) is 9.96. The molecule has 1 aromatic heterocycles. The maximum atomic E-state index is 11.4. The van der Waals surface area contributed by atoms with Gasteiger partial charge in [-0.1, -0.05) is 26.3 Å². The van der Waals surface area contributed by atoms with E-state index in [-0.39, 0.29) is 4.88 Å². The number of nitrogens with zero attached hydrogens (tertiary/aromatic N) is 1. The summed E-state index contributed by atoms with van der Waals surface area (Å²) in [6.45, 7) is 4.58. The number of aromatic carboxylic acids is 1. The summed E-state index contributed by atoms with van der Waals surface area (Å²) in [6, 6.07) is 5.57. The number of rotatable bonds is 8. The normalized spacial score (nSPS) is 10.6. The fourth-order valence-electron chi connectivity index (χ4n) is 2.19. The highest BCUT2D eigenvalue weighted by atomic mass is 32.1. The van der Waals surface area contributed by atoms with Gasteiger partial charge in [-0.3, -0.25) is 0 Å². The number of ether oxygens (including phenoxy) is 2. The van der Waals surface area contributed by atoms with Crippen molar-refractivity contribution < 1.29 is 19.4 Å². The molecule has 0 atom stereocenters. The summed E-state index contributed by atoms with van der Waals surface area (Å²) < 4.78 is 11.3. The zero-order valence-electron chi connectivity index (χ0n) is 13.6. The van der Waals surface area contributed by atoms with Gasteiger partial charge >= 0.3 is 5.97 Å². The number of carboxylic acid groups (broad SMARTS) is 1. The molecule has 23 heavy (non-hydrogen) atoms. The lowest BCUT2D eigenvalue weighted by Crippen LogP contribution is -2.00. The molecule has 2 rings (SSSR count). The topological polar surface area (TPSA) is 68.7 Å². The quantitative estimate of drug-likeness (QED) is 0.730. The summed E-state index contributed by atoms with van der Waals surface area (Å²) in [7, 11) is 1.59. The van der Waals surface area contributed by atoms with E-state index < -0.39 is 5.97 Å². The van der Waals surface area contributed by atoms with Crippen LogP contribution < -0.4 is 9.47 Å². The molecule has 0 fully saturated rings. The second-order valence-corrected chi connectivity index (χ2v) is 5.99. The Kier molecular flexibility index (Phi) is 5.98. The number of para-hydroxylation sites is 1. The fraction of sp³-hybridized carbons (Fsp3) is 0.412. The predicted octanol–water partition coefficient (Wildman–Crippen LogP) is 4.26. The summed E-state index contributed by atoms with van der Waals surface area (Å²) in [6.07, 6.45) is 2.55. The SMILES string of the molecule is CCCCOc1c(OC)cccc1-c1nc(CC)c(C(=O)O)s1. The number of unbranched alkanes of at least 4 members (excludes halogenated alkanes) is 1. The monoisotopic (exact) mass is 335 g/mol. The van der Waals surface area contributed by atoms with Crippen LogP contribution in [0.4, 0.5) is 0 Å². The van der Waals surface area contributed by atoms with E-state index in [0.29, 0.717) is 35.2 Å². The number of carbonyl (C=O) groups is 1. The first-order chi connectivity index (χ1) is 11.1. The van der Waals surface area contributed by atoms with Crippen molar-refractivity contribution in [3.63, 3.8) is 0 Å². The first-order valence-corrected chi connectivity index (χ1v) is 8.47. The largest absolute Gasteiger partial charge is 0.493 e. The Labute approximate surface area is 139 Å². The highest BCUT2D eigenvalue weighted by molar-refractivity contribution is 7.17. The highest BCUT2D eigenvalue weighted by Gasteiger charge is 2.20. The van der Waals surface area contributed by atoms with E-state index in [1.807, 2.05) is 25.1 Å². The molecule has 0 saturated heterocycles. The Hall–Kier alpha value is -2.08. The van der Waals surface area contributed by atoms with Crippen LogP contribution in [-0.4, -0.2) is 29.8 Å².